The quantitative estimate of drug-likeness (QED) is 0.271. The van der Waals surface area contributed by atoms with Crippen molar-refractivity contribution in [3.63, 3.8) is 0 Å². The van der Waals surface area contributed by atoms with Crippen LogP contribution in [0.25, 0.3) is 0 Å². The summed E-state index contributed by atoms with van der Waals surface area (Å²) in [5, 5.41) is 0.942. The molecule has 0 N–H and O–H groups in total. The summed E-state index contributed by atoms with van der Waals surface area (Å²) in [5.74, 6) is 0.299. The minimum absolute atomic E-state index is 0.184. The molecule has 168 valence electrons. The SMILES string of the molecule is Fc1ccc2c(c1)SC(c1ccc(Cl)cc1Cl)C1C(=N2)c2ccccc2OC1c1ccccc1. The Morgan fingerprint density at radius 3 is 2.47 bits per heavy atom. The first-order valence-electron chi connectivity index (χ1n) is 10.9. The lowest BCUT2D eigenvalue weighted by atomic mass is 9.80. The number of thioether (sulfide) groups is 1. The smallest absolute Gasteiger partial charge is 0.134 e. The molecule has 6 rings (SSSR count). The van der Waals surface area contributed by atoms with Gasteiger partial charge in [-0.15, -0.1) is 11.8 Å². The zero-order valence-electron chi connectivity index (χ0n) is 17.8. The van der Waals surface area contributed by atoms with E-state index in [0.29, 0.717) is 10.0 Å². The summed E-state index contributed by atoms with van der Waals surface area (Å²) < 4.78 is 21.0. The van der Waals surface area contributed by atoms with Crippen molar-refractivity contribution in [2.75, 3.05) is 0 Å². The third-order valence-corrected chi connectivity index (χ3v) is 8.14. The highest BCUT2D eigenvalue weighted by Gasteiger charge is 2.44. The Hall–Kier alpha value is -2.79. The normalized spacial score (nSPS) is 20.8. The Labute approximate surface area is 211 Å². The summed E-state index contributed by atoms with van der Waals surface area (Å²) >= 11 is 14.5. The van der Waals surface area contributed by atoms with Gasteiger partial charge in [0.2, 0.25) is 0 Å². The van der Waals surface area contributed by atoms with Gasteiger partial charge in [0.1, 0.15) is 17.7 Å². The molecule has 0 fully saturated rings. The molecule has 0 saturated carbocycles. The average molecular weight is 506 g/mol. The largest absolute Gasteiger partial charge is 0.484 e. The minimum Gasteiger partial charge on any atom is -0.484 e. The topological polar surface area (TPSA) is 21.6 Å². The molecule has 3 atom stereocenters. The summed E-state index contributed by atoms with van der Waals surface area (Å²) in [7, 11) is 0. The van der Waals surface area contributed by atoms with Crippen molar-refractivity contribution >= 4 is 46.4 Å². The molecule has 6 heteroatoms. The van der Waals surface area contributed by atoms with E-state index in [0.717, 1.165) is 38.7 Å². The number of para-hydroxylation sites is 1. The van der Waals surface area contributed by atoms with Crippen LogP contribution in [0.15, 0.2) is 101 Å². The highest BCUT2D eigenvalue weighted by molar-refractivity contribution is 7.99. The van der Waals surface area contributed by atoms with E-state index in [1.807, 2.05) is 54.6 Å². The molecule has 2 aliphatic heterocycles. The van der Waals surface area contributed by atoms with E-state index in [1.165, 1.54) is 6.07 Å². The molecule has 0 bridgehead atoms. The van der Waals surface area contributed by atoms with Crippen LogP contribution in [0.2, 0.25) is 10.0 Å². The van der Waals surface area contributed by atoms with Crippen LogP contribution in [0.3, 0.4) is 0 Å². The average Bonchev–Trinajstić information content (AvgIpc) is 3.01. The van der Waals surface area contributed by atoms with Crippen LogP contribution in [0.4, 0.5) is 10.1 Å². The van der Waals surface area contributed by atoms with Crippen LogP contribution in [-0.4, -0.2) is 5.71 Å². The number of hydrogen-bond donors (Lipinski definition) is 0. The summed E-state index contributed by atoms with van der Waals surface area (Å²) in [6, 6.07) is 28.4. The molecule has 3 unspecified atom stereocenters. The van der Waals surface area contributed by atoms with E-state index in [2.05, 4.69) is 12.1 Å². The molecule has 0 saturated heterocycles. The van der Waals surface area contributed by atoms with E-state index >= 15 is 0 Å². The lowest BCUT2D eigenvalue weighted by Gasteiger charge is -2.38. The van der Waals surface area contributed by atoms with Crippen molar-refractivity contribution in [2.24, 2.45) is 10.9 Å². The fourth-order valence-corrected chi connectivity index (χ4v) is 6.70. The number of rotatable bonds is 2. The predicted molar refractivity (Wildman–Crippen MR) is 137 cm³/mol. The molecule has 4 aromatic rings. The zero-order valence-corrected chi connectivity index (χ0v) is 20.1. The van der Waals surface area contributed by atoms with Crippen LogP contribution in [0.5, 0.6) is 5.75 Å². The molecule has 2 nitrogen and oxygen atoms in total. The van der Waals surface area contributed by atoms with E-state index in [1.54, 1.807) is 30.0 Å². The van der Waals surface area contributed by atoms with Crippen LogP contribution in [0, 0.1) is 11.7 Å². The fraction of sp³-hybridized carbons (Fsp3) is 0.107. The first-order chi connectivity index (χ1) is 16.6. The number of aliphatic imine (C=N–C) groups is 1. The van der Waals surface area contributed by atoms with Crippen LogP contribution >= 0.6 is 35.0 Å². The van der Waals surface area contributed by atoms with Gasteiger partial charge in [-0.2, -0.15) is 0 Å². The standard InChI is InChI=1S/C28H18Cl2FNOS/c29-17-10-12-19(21(30)14-17)28-25-26(32-22-13-11-18(31)15-24(22)34-28)20-8-4-5-9-23(20)33-27(25)16-6-2-1-3-7-16/h1-15,25,27-28H. The minimum atomic E-state index is -0.307. The summed E-state index contributed by atoms with van der Waals surface area (Å²) in [5.41, 5.74) is 4.54. The highest BCUT2D eigenvalue weighted by Crippen LogP contribution is 2.56. The van der Waals surface area contributed by atoms with Gasteiger partial charge in [0.05, 0.1) is 17.3 Å². The van der Waals surface area contributed by atoms with Crippen molar-refractivity contribution in [3.8, 4) is 5.75 Å². The molecule has 0 amide bonds. The van der Waals surface area contributed by atoms with Crippen molar-refractivity contribution in [1.82, 2.24) is 0 Å². The zero-order chi connectivity index (χ0) is 23.2. The van der Waals surface area contributed by atoms with Crippen molar-refractivity contribution in [3.05, 3.63) is 124 Å². The van der Waals surface area contributed by atoms with Crippen LogP contribution in [-0.2, 0) is 0 Å². The van der Waals surface area contributed by atoms with Gasteiger partial charge in [-0.05, 0) is 53.6 Å². The maximum atomic E-state index is 14.3. The molecule has 2 heterocycles. The Bertz CT molecular complexity index is 1430. The van der Waals surface area contributed by atoms with Gasteiger partial charge in [0.15, 0.2) is 0 Å². The summed E-state index contributed by atoms with van der Waals surface area (Å²) in [4.78, 5) is 5.89. The van der Waals surface area contributed by atoms with Gasteiger partial charge in [-0.25, -0.2) is 4.39 Å². The van der Waals surface area contributed by atoms with Crippen LogP contribution < -0.4 is 4.74 Å². The van der Waals surface area contributed by atoms with Crippen molar-refractivity contribution in [2.45, 2.75) is 16.2 Å². The van der Waals surface area contributed by atoms with Crippen LogP contribution in [0.1, 0.15) is 28.0 Å². The second-order valence-electron chi connectivity index (χ2n) is 8.28. The number of nitrogens with zero attached hydrogens (tertiary/aromatic N) is 1. The van der Waals surface area contributed by atoms with Gasteiger partial charge >= 0.3 is 0 Å². The van der Waals surface area contributed by atoms with Crippen molar-refractivity contribution in [1.29, 1.82) is 0 Å². The Morgan fingerprint density at radius 2 is 1.65 bits per heavy atom. The molecule has 0 spiro atoms. The Kier molecular flexibility index (Phi) is 5.60. The lowest BCUT2D eigenvalue weighted by molar-refractivity contribution is 0.156. The molecule has 2 aliphatic rings. The number of halogens is 3. The fourth-order valence-electron chi connectivity index (χ4n) is 4.67. The summed E-state index contributed by atoms with van der Waals surface area (Å²) in [6.07, 6.45) is -0.307. The third-order valence-electron chi connectivity index (χ3n) is 6.20. The number of benzene rings is 4. The molecular formula is C28H18Cl2FNOS. The second kappa shape index (κ2) is 8.77. The predicted octanol–water partition coefficient (Wildman–Crippen LogP) is 8.85. The molecule has 0 aromatic heterocycles. The third kappa shape index (κ3) is 3.80. The second-order valence-corrected chi connectivity index (χ2v) is 10.3. The first kappa shape index (κ1) is 21.7. The summed E-state index contributed by atoms with van der Waals surface area (Å²) in [6.45, 7) is 0. The molecule has 0 aliphatic carbocycles. The number of ether oxygens (including phenoxy) is 1. The van der Waals surface area contributed by atoms with Gasteiger partial charge in [0.25, 0.3) is 0 Å². The maximum Gasteiger partial charge on any atom is 0.134 e. The van der Waals surface area contributed by atoms with Crippen molar-refractivity contribution < 1.29 is 9.13 Å². The first-order valence-corrected chi connectivity index (χ1v) is 12.5. The highest BCUT2D eigenvalue weighted by atomic mass is 35.5. The Balaban J connectivity index is 1.63. The van der Waals surface area contributed by atoms with Gasteiger partial charge in [0, 0.05) is 25.8 Å². The van der Waals surface area contributed by atoms with E-state index in [4.69, 9.17) is 32.9 Å². The molecule has 0 radical (unpaired) electrons. The number of fused-ring (bicyclic) bond motifs is 4. The van der Waals surface area contributed by atoms with E-state index < -0.39 is 0 Å². The molecule has 4 aromatic carbocycles. The van der Waals surface area contributed by atoms with E-state index in [9.17, 15) is 4.39 Å². The van der Waals surface area contributed by atoms with Gasteiger partial charge < -0.3 is 4.74 Å². The molecular weight excluding hydrogens is 488 g/mol. The lowest BCUT2D eigenvalue weighted by Crippen LogP contribution is -2.35. The number of hydrogen-bond acceptors (Lipinski definition) is 3. The van der Waals surface area contributed by atoms with E-state index in [-0.39, 0.29) is 23.1 Å². The Morgan fingerprint density at radius 1 is 0.853 bits per heavy atom. The molecule has 34 heavy (non-hydrogen) atoms. The van der Waals surface area contributed by atoms with Gasteiger partial charge in [-0.1, -0.05) is 71.7 Å². The maximum absolute atomic E-state index is 14.3. The van der Waals surface area contributed by atoms with Gasteiger partial charge in [-0.3, -0.25) is 4.99 Å². The monoisotopic (exact) mass is 505 g/mol.